The number of carbonyl (C=O) groups excluding carboxylic acids is 1. The highest BCUT2D eigenvalue weighted by atomic mass is 32.2. The first-order valence-corrected chi connectivity index (χ1v) is 15.5. The van der Waals surface area contributed by atoms with Crippen molar-refractivity contribution in [2.75, 3.05) is 19.8 Å². The Morgan fingerprint density at radius 2 is 1.71 bits per heavy atom. The summed E-state index contributed by atoms with van der Waals surface area (Å²) >= 11 is 0. The van der Waals surface area contributed by atoms with Crippen LogP contribution in [0.15, 0.2) is 59.6 Å². The number of halogens is 2. The van der Waals surface area contributed by atoms with Crippen molar-refractivity contribution >= 4 is 15.9 Å². The molecule has 3 aromatic rings. The maximum Gasteiger partial charge on any atom is 0.268 e. The second-order valence-corrected chi connectivity index (χ2v) is 12.1. The molecule has 0 saturated heterocycles. The van der Waals surface area contributed by atoms with Crippen LogP contribution in [-0.4, -0.2) is 45.1 Å². The van der Waals surface area contributed by atoms with Gasteiger partial charge in [0.05, 0.1) is 29.0 Å². The van der Waals surface area contributed by atoms with E-state index in [1.807, 2.05) is 0 Å². The predicted octanol–water partition coefficient (Wildman–Crippen LogP) is 4.93. The third kappa shape index (κ3) is 7.74. The summed E-state index contributed by atoms with van der Waals surface area (Å²) < 4.78 is 74.1. The standard InChI is InChI=1S/C30H33F2N3O6S/c1-2-26(25-13-9-22(17-34-25)40-18-19-3-4-19)41-27-14-12-24(28(31)29(27)32)30(36)35-42(37,38)23-10-7-21(8-11-23)39-16-15-33-20-5-6-20/h7-14,17,19-20,26,33H,2-6,15-16,18H2,1H3,(H,35,36). The molecule has 2 N–H and O–H groups in total. The van der Waals surface area contributed by atoms with Crippen LogP contribution in [0.5, 0.6) is 17.2 Å². The van der Waals surface area contributed by atoms with Gasteiger partial charge in [-0.1, -0.05) is 6.92 Å². The van der Waals surface area contributed by atoms with Gasteiger partial charge in [-0.15, -0.1) is 0 Å². The lowest BCUT2D eigenvalue weighted by molar-refractivity contribution is 0.0976. The first kappa shape index (κ1) is 29.7. The van der Waals surface area contributed by atoms with Crippen molar-refractivity contribution in [3.05, 3.63) is 77.6 Å². The lowest BCUT2D eigenvalue weighted by atomic mass is 10.1. The molecular weight excluding hydrogens is 568 g/mol. The van der Waals surface area contributed by atoms with Gasteiger partial charge in [-0.3, -0.25) is 9.78 Å². The molecule has 2 fully saturated rings. The fraction of sp³-hybridized carbons (Fsp3) is 0.400. The van der Waals surface area contributed by atoms with Crippen molar-refractivity contribution in [2.45, 2.75) is 56.1 Å². The molecule has 2 aliphatic carbocycles. The van der Waals surface area contributed by atoms with E-state index in [1.54, 1.807) is 30.0 Å². The normalized spacial score (nSPS) is 15.6. The molecule has 0 bridgehead atoms. The number of amides is 1. The molecule has 5 rings (SSSR count). The summed E-state index contributed by atoms with van der Waals surface area (Å²) in [5, 5.41) is 3.30. The quantitative estimate of drug-likeness (QED) is 0.236. The van der Waals surface area contributed by atoms with Gasteiger partial charge >= 0.3 is 0 Å². The summed E-state index contributed by atoms with van der Waals surface area (Å²) in [5.41, 5.74) is -0.287. The highest BCUT2D eigenvalue weighted by Crippen LogP contribution is 2.31. The summed E-state index contributed by atoms with van der Waals surface area (Å²) in [4.78, 5) is 16.8. The van der Waals surface area contributed by atoms with Gasteiger partial charge in [0.15, 0.2) is 11.6 Å². The van der Waals surface area contributed by atoms with Crippen molar-refractivity contribution in [1.29, 1.82) is 0 Å². The lowest BCUT2D eigenvalue weighted by Crippen LogP contribution is -2.31. The van der Waals surface area contributed by atoms with E-state index in [9.17, 15) is 22.0 Å². The van der Waals surface area contributed by atoms with Gasteiger partial charge in [0.2, 0.25) is 5.82 Å². The Kier molecular flexibility index (Phi) is 9.22. The van der Waals surface area contributed by atoms with Crippen molar-refractivity contribution in [3.63, 3.8) is 0 Å². The highest BCUT2D eigenvalue weighted by Gasteiger charge is 2.26. The van der Waals surface area contributed by atoms with Gasteiger partial charge in [0, 0.05) is 12.6 Å². The zero-order valence-corrected chi connectivity index (χ0v) is 24.0. The van der Waals surface area contributed by atoms with Crippen LogP contribution in [0.25, 0.3) is 0 Å². The Morgan fingerprint density at radius 3 is 2.36 bits per heavy atom. The van der Waals surface area contributed by atoms with Crippen LogP contribution >= 0.6 is 0 Å². The minimum Gasteiger partial charge on any atom is -0.492 e. The lowest BCUT2D eigenvalue weighted by Gasteiger charge is -2.18. The number of pyridine rings is 1. The van der Waals surface area contributed by atoms with E-state index in [4.69, 9.17) is 14.2 Å². The van der Waals surface area contributed by atoms with E-state index in [0.717, 1.165) is 37.8 Å². The molecule has 42 heavy (non-hydrogen) atoms. The van der Waals surface area contributed by atoms with E-state index in [2.05, 4.69) is 10.3 Å². The number of sulfonamides is 1. The molecule has 0 aliphatic heterocycles. The minimum absolute atomic E-state index is 0.234. The summed E-state index contributed by atoms with van der Waals surface area (Å²) in [7, 11) is -4.37. The van der Waals surface area contributed by atoms with Crippen LogP contribution in [-0.2, 0) is 10.0 Å². The monoisotopic (exact) mass is 601 g/mol. The Bertz CT molecular complexity index is 1490. The van der Waals surface area contributed by atoms with E-state index in [-0.39, 0.29) is 4.90 Å². The molecule has 0 radical (unpaired) electrons. The largest absolute Gasteiger partial charge is 0.492 e. The van der Waals surface area contributed by atoms with Gasteiger partial charge in [-0.05, 0) is 86.6 Å². The molecule has 1 heterocycles. The molecule has 224 valence electrons. The molecule has 12 heteroatoms. The zero-order valence-electron chi connectivity index (χ0n) is 23.1. The fourth-order valence-electron chi connectivity index (χ4n) is 4.14. The predicted molar refractivity (Wildman–Crippen MR) is 150 cm³/mol. The third-order valence-corrected chi connectivity index (χ3v) is 8.29. The zero-order chi connectivity index (χ0) is 29.7. The number of hydrogen-bond acceptors (Lipinski definition) is 8. The number of nitrogens with one attached hydrogen (secondary N) is 2. The van der Waals surface area contributed by atoms with Crippen LogP contribution in [0.2, 0.25) is 0 Å². The van der Waals surface area contributed by atoms with E-state index >= 15 is 0 Å². The van der Waals surface area contributed by atoms with Crippen LogP contribution in [0, 0.1) is 17.6 Å². The fourth-order valence-corrected chi connectivity index (χ4v) is 5.11. The van der Waals surface area contributed by atoms with Gasteiger partial charge < -0.3 is 19.5 Å². The molecule has 1 atom stereocenters. The maximum absolute atomic E-state index is 15.0. The number of benzene rings is 2. The Balaban J connectivity index is 1.19. The number of nitrogens with zero attached hydrogens (tertiary/aromatic N) is 1. The SMILES string of the molecule is CCC(Oc1ccc(C(=O)NS(=O)(=O)c2ccc(OCCNC3CC3)cc2)c(F)c1F)c1ccc(OCC2CC2)cn1. The Labute approximate surface area is 243 Å². The van der Waals surface area contributed by atoms with Gasteiger partial charge in [0.1, 0.15) is 24.2 Å². The number of hydrogen-bond donors (Lipinski definition) is 2. The summed E-state index contributed by atoms with van der Waals surface area (Å²) in [6.07, 6.45) is 5.92. The van der Waals surface area contributed by atoms with Crippen LogP contribution in [0.3, 0.4) is 0 Å². The Hall–Kier alpha value is -3.77. The number of ether oxygens (including phenoxy) is 3. The summed E-state index contributed by atoms with van der Waals surface area (Å²) in [5.74, 6) is -3.03. The van der Waals surface area contributed by atoms with Crippen molar-refractivity contribution in [3.8, 4) is 17.2 Å². The third-order valence-electron chi connectivity index (χ3n) is 6.95. The average molecular weight is 602 g/mol. The minimum atomic E-state index is -4.37. The molecular formula is C30H33F2N3O6S. The van der Waals surface area contributed by atoms with Crippen LogP contribution in [0.1, 0.15) is 61.2 Å². The van der Waals surface area contributed by atoms with E-state index < -0.39 is 45.0 Å². The molecule has 1 amide bonds. The molecule has 1 unspecified atom stereocenters. The molecule has 2 saturated carbocycles. The number of rotatable bonds is 15. The molecule has 2 aromatic carbocycles. The van der Waals surface area contributed by atoms with Crippen molar-refractivity contribution in [1.82, 2.24) is 15.0 Å². The molecule has 1 aromatic heterocycles. The van der Waals surface area contributed by atoms with Crippen LogP contribution < -0.4 is 24.2 Å². The second kappa shape index (κ2) is 13.0. The Morgan fingerprint density at radius 1 is 0.976 bits per heavy atom. The van der Waals surface area contributed by atoms with Crippen LogP contribution in [0.4, 0.5) is 8.78 Å². The first-order chi connectivity index (χ1) is 20.2. The summed E-state index contributed by atoms with van der Waals surface area (Å²) in [6.45, 7) is 3.53. The maximum atomic E-state index is 15.0. The van der Waals surface area contributed by atoms with E-state index in [0.29, 0.717) is 55.3 Å². The topological polar surface area (TPSA) is 116 Å². The van der Waals surface area contributed by atoms with Gasteiger partial charge in [0.25, 0.3) is 15.9 Å². The van der Waals surface area contributed by atoms with Gasteiger partial charge in [-0.25, -0.2) is 17.5 Å². The van der Waals surface area contributed by atoms with Crippen molar-refractivity contribution < 1.29 is 36.2 Å². The molecule has 0 spiro atoms. The number of carbonyl (C=O) groups is 1. The highest BCUT2D eigenvalue weighted by molar-refractivity contribution is 7.90. The number of aromatic nitrogens is 1. The van der Waals surface area contributed by atoms with Gasteiger partial charge in [-0.2, -0.15) is 4.39 Å². The average Bonchev–Trinajstić information content (AvgIpc) is 3.91. The second-order valence-electron chi connectivity index (χ2n) is 10.4. The van der Waals surface area contributed by atoms with Crippen molar-refractivity contribution in [2.24, 2.45) is 5.92 Å². The summed E-state index contributed by atoms with van der Waals surface area (Å²) in [6, 6.07) is 11.5. The molecule has 2 aliphatic rings. The van der Waals surface area contributed by atoms with E-state index in [1.165, 1.54) is 24.3 Å². The molecule has 9 nitrogen and oxygen atoms in total. The smallest absolute Gasteiger partial charge is 0.268 e. The first-order valence-electron chi connectivity index (χ1n) is 14.0.